The van der Waals surface area contributed by atoms with Gasteiger partial charge in [-0.2, -0.15) is 4.31 Å². The van der Waals surface area contributed by atoms with Crippen LogP contribution in [0.3, 0.4) is 0 Å². The van der Waals surface area contributed by atoms with E-state index in [0.29, 0.717) is 19.7 Å². The molecule has 1 atom stereocenters. The van der Waals surface area contributed by atoms with Gasteiger partial charge in [0.1, 0.15) is 4.90 Å². The molecule has 2 aliphatic heterocycles. The first-order chi connectivity index (χ1) is 9.97. The lowest BCUT2D eigenvalue weighted by molar-refractivity contribution is -0.173. The summed E-state index contributed by atoms with van der Waals surface area (Å²) in [6, 6.07) is 6.50. The molecule has 0 aromatic heterocycles. The Bertz CT molecular complexity index is 628. The van der Waals surface area contributed by atoms with E-state index in [4.69, 9.17) is 21.1 Å². The zero-order valence-corrected chi connectivity index (χ0v) is 13.4. The number of rotatable bonds is 3. The second kappa shape index (κ2) is 5.52. The molecule has 0 radical (unpaired) electrons. The van der Waals surface area contributed by atoms with Crippen molar-refractivity contribution in [2.45, 2.75) is 29.4 Å². The lowest BCUT2D eigenvalue weighted by atomic mass is 9.86. The molecule has 5 nitrogen and oxygen atoms in total. The van der Waals surface area contributed by atoms with Crippen molar-refractivity contribution in [1.82, 2.24) is 4.31 Å². The highest BCUT2D eigenvalue weighted by molar-refractivity contribution is 7.89. The molecule has 116 valence electrons. The number of nitrogens with zero attached hydrogens (tertiary/aromatic N) is 1. The van der Waals surface area contributed by atoms with Gasteiger partial charge in [0, 0.05) is 33.2 Å². The highest BCUT2D eigenvalue weighted by atomic mass is 35.5. The number of halogens is 1. The fraction of sp³-hybridized carbons (Fsp3) is 0.571. The smallest absolute Gasteiger partial charge is 0.244 e. The van der Waals surface area contributed by atoms with Gasteiger partial charge in [0.25, 0.3) is 0 Å². The van der Waals surface area contributed by atoms with E-state index in [-0.39, 0.29) is 16.0 Å². The minimum Gasteiger partial charge on any atom is -0.381 e. The van der Waals surface area contributed by atoms with Crippen molar-refractivity contribution < 1.29 is 17.9 Å². The molecule has 1 aromatic rings. The van der Waals surface area contributed by atoms with Crippen molar-refractivity contribution in [3.63, 3.8) is 0 Å². The number of methoxy groups -OCH3 is 1. The van der Waals surface area contributed by atoms with Gasteiger partial charge in [-0.15, -0.1) is 0 Å². The summed E-state index contributed by atoms with van der Waals surface area (Å²) < 4.78 is 37.7. The summed E-state index contributed by atoms with van der Waals surface area (Å²) in [7, 11) is -1.87. The van der Waals surface area contributed by atoms with Crippen LogP contribution in [0, 0.1) is 0 Å². The van der Waals surface area contributed by atoms with Crippen molar-refractivity contribution in [2.24, 2.45) is 0 Å². The molecular formula is C14H18ClNO4S. The molecule has 21 heavy (non-hydrogen) atoms. The van der Waals surface area contributed by atoms with Crippen molar-refractivity contribution in [2.75, 3.05) is 26.8 Å². The van der Waals surface area contributed by atoms with Crippen LogP contribution < -0.4 is 0 Å². The van der Waals surface area contributed by atoms with Crippen molar-refractivity contribution >= 4 is 21.6 Å². The standard InChI is InChI=1S/C14H18ClNO4S/c1-19-11-6-7-20-14(8-11)9-16(10-14)21(17,18)13-5-3-2-4-12(13)15/h2-5,11H,6-10H2,1H3/t11-/m1/s1. The SMILES string of the molecule is CO[C@@H]1CCOC2(C1)CN(S(=O)(=O)c1ccccc1Cl)C2. The summed E-state index contributed by atoms with van der Waals surface area (Å²) in [5.74, 6) is 0. The fourth-order valence-corrected chi connectivity index (χ4v) is 5.05. The average Bonchev–Trinajstić information content (AvgIpc) is 2.45. The second-order valence-electron chi connectivity index (χ2n) is 5.59. The Morgan fingerprint density at radius 3 is 2.76 bits per heavy atom. The first-order valence-corrected chi connectivity index (χ1v) is 8.70. The third-order valence-electron chi connectivity index (χ3n) is 4.16. The number of ether oxygens (including phenoxy) is 2. The molecule has 2 aliphatic rings. The highest BCUT2D eigenvalue weighted by Crippen LogP contribution is 2.39. The summed E-state index contributed by atoms with van der Waals surface area (Å²) >= 11 is 6.00. The lowest BCUT2D eigenvalue weighted by Gasteiger charge is -2.52. The Hall–Kier alpha value is -0.660. The number of hydrogen-bond donors (Lipinski definition) is 0. The van der Waals surface area contributed by atoms with Crippen LogP contribution in [0.2, 0.25) is 5.02 Å². The Balaban J connectivity index is 1.75. The van der Waals surface area contributed by atoms with Crippen LogP contribution in [0.25, 0.3) is 0 Å². The number of hydrogen-bond acceptors (Lipinski definition) is 4. The van der Waals surface area contributed by atoms with Crippen molar-refractivity contribution in [1.29, 1.82) is 0 Å². The molecule has 0 saturated carbocycles. The predicted octanol–water partition coefficient (Wildman–Crippen LogP) is 1.91. The van der Waals surface area contributed by atoms with E-state index < -0.39 is 15.6 Å². The molecule has 7 heteroatoms. The Kier molecular flexibility index (Phi) is 4.00. The molecule has 0 aliphatic carbocycles. The van der Waals surface area contributed by atoms with Gasteiger partial charge in [-0.25, -0.2) is 8.42 Å². The average molecular weight is 332 g/mol. The lowest BCUT2D eigenvalue weighted by Crippen LogP contribution is -2.67. The number of sulfonamides is 1. The first-order valence-electron chi connectivity index (χ1n) is 6.88. The molecule has 2 heterocycles. The third-order valence-corrected chi connectivity index (χ3v) is 6.46. The minimum atomic E-state index is -3.55. The highest BCUT2D eigenvalue weighted by Gasteiger charge is 2.52. The molecule has 0 N–H and O–H groups in total. The van der Waals surface area contributed by atoms with Crippen LogP contribution in [0.5, 0.6) is 0 Å². The maximum atomic E-state index is 12.6. The maximum absolute atomic E-state index is 12.6. The van der Waals surface area contributed by atoms with Crippen LogP contribution in [-0.4, -0.2) is 51.2 Å². The molecule has 2 saturated heterocycles. The van der Waals surface area contributed by atoms with E-state index in [1.165, 1.54) is 10.4 Å². The third kappa shape index (κ3) is 2.71. The van der Waals surface area contributed by atoms with Crippen LogP contribution in [0.1, 0.15) is 12.8 Å². The summed E-state index contributed by atoms with van der Waals surface area (Å²) in [6.45, 7) is 1.33. The molecule has 0 unspecified atom stereocenters. The maximum Gasteiger partial charge on any atom is 0.244 e. The minimum absolute atomic E-state index is 0.143. The van der Waals surface area contributed by atoms with Gasteiger partial charge in [-0.1, -0.05) is 23.7 Å². The number of benzene rings is 1. The fourth-order valence-electron chi connectivity index (χ4n) is 2.96. The molecule has 1 aromatic carbocycles. The summed E-state index contributed by atoms with van der Waals surface area (Å²) in [5.41, 5.74) is -0.396. The van der Waals surface area contributed by atoms with Crippen LogP contribution in [0.15, 0.2) is 29.2 Å². The zero-order chi connectivity index (χ0) is 15.1. The van der Waals surface area contributed by atoms with E-state index >= 15 is 0 Å². The van der Waals surface area contributed by atoms with E-state index in [1.54, 1.807) is 25.3 Å². The van der Waals surface area contributed by atoms with E-state index in [1.807, 2.05) is 0 Å². The Labute approximate surface area is 129 Å². The molecular weight excluding hydrogens is 314 g/mol. The Morgan fingerprint density at radius 2 is 2.10 bits per heavy atom. The molecule has 3 rings (SSSR count). The van der Waals surface area contributed by atoms with Gasteiger partial charge < -0.3 is 9.47 Å². The van der Waals surface area contributed by atoms with Gasteiger partial charge in [-0.05, 0) is 18.6 Å². The van der Waals surface area contributed by atoms with Gasteiger partial charge in [0.05, 0.1) is 16.7 Å². The second-order valence-corrected chi connectivity index (χ2v) is 7.90. The van der Waals surface area contributed by atoms with Gasteiger partial charge in [-0.3, -0.25) is 0 Å². The summed E-state index contributed by atoms with van der Waals surface area (Å²) in [4.78, 5) is 0.153. The van der Waals surface area contributed by atoms with E-state index in [9.17, 15) is 8.42 Å². The Morgan fingerprint density at radius 1 is 1.38 bits per heavy atom. The topological polar surface area (TPSA) is 55.8 Å². The first kappa shape index (κ1) is 15.2. The van der Waals surface area contributed by atoms with Crippen LogP contribution in [-0.2, 0) is 19.5 Å². The van der Waals surface area contributed by atoms with Crippen molar-refractivity contribution in [3.8, 4) is 0 Å². The molecule has 0 amide bonds. The van der Waals surface area contributed by atoms with Gasteiger partial charge in [0.2, 0.25) is 10.0 Å². The van der Waals surface area contributed by atoms with Gasteiger partial charge in [0.15, 0.2) is 0 Å². The summed E-state index contributed by atoms with van der Waals surface area (Å²) in [6.07, 6.45) is 1.73. The quantitative estimate of drug-likeness (QED) is 0.849. The normalized spacial score (nSPS) is 25.7. The van der Waals surface area contributed by atoms with E-state index in [2.05, 4.69) is 0 Å². The van der Waals surface area contributed by atoms with Crippen molar-refractivity contribution in [3.05, 3.63) is 29.3 Å². The largest absolute Gasteiger partial charge is 0.381 e. The molecule has 2 fully saturated rings. The molecule has 0 bridgehead atoms. The van der Waals surface area contributed by atoms with E-state index in [0.717, 1.165) is 12.8 Å². The molecule has 1 spiro atoms. The summed E-state index contributed by atoms with van der Waals surface area (Å²) in [5, 5.41) is 0.248. The van der Waals surface area contributed by atoms with Crippen LogP contribution in [0.4, 0.5) is 0 Å². The predicted molar refractivity (Wildman–Crippen MR) is 78.9 cm³/mol. The van der Waals surface area contributed by atoms with Crippen LogP contribution >= 0.6 is 11.6 Å². The monoisotopic (exact) mass is 331 g/mol. The van der Waals surface area contributed by atoms with Gasteiger partial charge >= 0.3 is 0 Å². The zero-order valence-electron chi connectivity index (χ0n) is 11.8.